The van der Waals surface area contributed by atoms with Gasteiger partial charge in [-0.15, -0.1) is 6.42 Å². The molecule has 0 aromatic heterocycles. The monoisotopic (exact) mass is 366 g/mol. The molecule has 4 rings (SSSR count). The number of hydrogen-bond donors (Lipinski definition) is 0. The molecule has 1 aliphatic rings. The van der Waals surface area contributed by atoms with E-state index in [-0.39, 0.29) is 23.6 Å². The van der Waals surface area contributed by atoms with Crippen molar-refractivity contribution in [2.45, 2.75) is 11.8 Å². The van der Waals surface area contributed by atoms with E-state index < -0.39 is 0 Å². The molecule has 0 bridgehead atoms. The van der Waals surface area contributed by atoms with Crippen molar-refractivity contribution in [3.63, 3.8) is 0 Å². The maximum atomic E-state index is 13.0. The molecule has 0 radical (unpaired) electrons. The highest BCUT2D eigenvalue weighted by Gasteiger charge is 2.35. The van der Waals surface area contributed by atoms with Crippen LogP contribution in [0.2, 0.25) is 0 Å². The average Bonchev–Trinajstić information content (AvgIpc) is 2.76. The largest absolute Gasteiger partial charge is 0.465 e. The fraction of sp³-hybridized carbons (Fsp3) is 0.120. The Morgan fingerprint density at radius 2 is 1.46 bits per heavy atom. The molecule has 1 aliphatic carbocycles. The molecule has 3 aromatic carbocycles. The lowest BCUT2D eigenvalue weighted by Crippen LogP contribution is -2.23. The zero-order chi connectivity index (χ0) is 19.7. The summed E-state index contributed by atoms with van der Waals surface area (Å²) < 4.78 is 4.77. The molecule has 3 aromatic rings. The van der Waals surface area contributed by atoms with E-state index in [1.807, 2.05) is 60.7 Å². The standard InChI is InChI=1S/C25H18O3/c1-3-18(16-12-14-17(15-13-16)25(27)28-2)23-19-8-4-6-10-21(19)24(26)22-11-7-5-9-20(22)23/h1,4-15,18,23H,2H3. The molecule has 0 heterocycles. The Bertz CT molecular complexity index is 1050. The third-order valence-electron chi connectivity index (χ3n) is 5.28. The van der Waals surface area contributed by atoms with Crippen LogP contribution in [0.25, 0.3) is 0 Å². The molecule has 0 N–H and O–H groups in total. The van der Waals surface area contributed by atoms with Gasteiger partial charge in [0.2, 0.25) is 0 Å². The Labute approximate surface area is 164 Å². The number of fused-ring (bicyclic) bond motifs is 2. The first kappa shape index (κ1) is 17.8. The summed E-state index contributed by atoms with van der Waals surface area (Å²) >= 11 is 0. The average molecular weight is 366 g/mol. The Balaban J connectivity index is 1.85. The predicted molar refractivity (Wildman–Crippen MR) is 108 cm³/mol. The van der Waals surface area contributed by atoms with Gasteiger partial charge in [-0.3, -0.25) is 4.79 Å². The lowest BCUT2D eigenvalue weighted by molar-refractivity contribution is 0.0600. The van der Waals surface area contributed by atoms with Gasteiger partial charge in [-0.05, 0) is 28.8 Å². The van der Waals surface area contributed by atoms with Crippen LogP contribution in [0.4, 0.5) is 0 Å². The van der Waals surface area contributed by atoms with Crippen molar-refractivity contribution in [2.75, 3.05) is 7.11 Å². The molecule has 136 valence electrons. The van der Waals surface area contributed by atoms with Gasteiger partial charge in [-0.2, -0.15) is 0 Å². The van der Waals surface area contributed by atoms with Crippen molar-refractivity contribution in [3.8, 4) is 12.3 Å². The predicted octanol–water partition coefficient (Wildman–Crippen LogP) is 4.57. The zero-order valence-electron chi connectivity index (χ0n) is 15.4. The van der Waals surface area contributed by atoms with E-state index in [1.54, 1.807) is 12.1 Å². The number of ether oxygens (including phenoxy) is 1. The van der Waals surface area contributed by atoms with Gasteiger partial charge in [-0.25, -0.2) is 4.79 Å². The summed E-state index contributed by atoms with van der Waals surface area (Å²) in [6.45, 7) is 0. The van der Waals surface area contributed by atoms with Gasteiger partial charge < -0.3 is 4.74 Å². The first-order chi connectivity index (χ1) is 13.7. The van der Waals surface area contributed by atoms with Gasteiger partial charge in [-0.1, -0.05) is 66.6 Å². The summed E-state index contributed by atoms with van der Waals surface area (Å²) in [7, 11) is 1.35. The van der Waals surface area contributed by atoms with E-state index in [9.17, 15) is 9.59 Å². The van der Waals surface area contributed by atoms with Crippen LogP contribution in [-0.4, -0.2) is 18.9 Å². The summed E-state index contributed by atoms with van der Waals surface area (Å²) in [5.74, 6) is 2.15. The number of rotatable bonds is 3. The molecule has 1 atom stereocenters. The van der Waals surface area contributed by atoms with Crippen LogP contribution in [0.3, 0.4) is 0 Å². The van der Waals surface area contributed by atoms with Crippen LogP contribution < -0.4 is 0 Å². The SMILES string of the molecule is C#CC(c1ccc(C(=O)OC)cc1)C1c2ccccc2C(=O)c2ccccc21. The van der Waals surface area contributed by atoms with Gasteiger partial charge in [0.25, 0.3) is 0 Å². The van der Waals surface area contributed by atoms with E-state index >= 15 is 0 Å². The van der Waals surface area contributed by atoms with E-state index in [0.29, 0.717) is 16.7 Å². The molecule has 28 heavy (non-hydrogen) atoms. The second-order valence-corrected chi connectivity index (χ2v) is 6.74. The summed E-state index contributed by atoms with van der Waals surface area (Å²) in [6.07, 6.45) is 5.98. The number of terminal acetylenes is 1. The van der Waals surface area contributed by atoms with Gasteiger partial charge in [0.15, 0.2) is 5.78 Å². The number of hydrogen-bond acceptors (Lipinski definition) is 3. The van der Waals surface area contributed by atoms with E-state index in [4.69, 9.17) is 11.2 Å². The van der Waals surface area contributed by atoms with Gasteiger partial charge in [0.1, 0.15) is 0 Å². The minimum Gasteiger partial charge on any atom is -0.465 e. The van der Waals surface area contributed by atoms with Crippen LogP contribution in [0, 0.1) is 12.3 Å². The Kier molecular flexibility index (Phi) is 4.55. The molecule has 1 unspecified atom stereocenters. The van der Waals surface area contributed by atoms with Crippen molar-refractivity contribution in [2.24, 2.45) is 0 Å². The number of carbonyl (C=O) groups is 2. The summed E-state index contributed by atoms with van der Waals surface area (Å²) in [4.78, 5) is 24.7. The van der Waals surface area contributed by atoms with Crippen molar-refractivity contribution in [1.29, 1.82) is 0 Å². The highest BCUT2D eigenvalue weighted by molar-refractivity contribution is 6.12. The van der Waals surface area contributed by atoms with E-state index in [1.165, 1.54) is 7.11 Å². The molecule has 0 aliphatic heterocycles. The van der Waals surface area contributed by atoms with Crippen LogP contribution in [0.1, 0.15) is 54.8 Å². The summed E-state index contributed by atoms with van der Waals surface area (Å²) in [5, 5.41) is 0. The smallest absolute Gasteiger partial charge is 0.337 e. The first-order valence-electron chi connectivity index (χ1n) is 9.02. The van der Waals surface area contributed by atoms with Crippen molar-refractivity contribution >= 4 is 11.8 Å². The lowest BCUT2D eigenvalue weighted by Gasteiger charge is -2.31. The molecule has 3 nitrogen and oxygen atoms in total. The maximum absolute atomic E-state index is 13.0. The lowest BCUT2D eigenvalue weighted by atomic mass is 9.70. The van der Waals surface area contributed by atoms with Crippen molar-refractivity contribution in [3.05, 3.63) is 106 Å². The van der Waals surface area contributed by atoms with E-state index in [0.717, 1.165) is 16.7 Å². The van der Waals surface area contributed by atoms with Crippen LogP contribution in [0.15, 0.2) is 72.8 Å². The molecule has 0 saturated heterocycles. The topological polar surface area (TPSA) is 43.4 Å². The zero-order valence-corrected chi connectivity index (χ0v) is 15.4. The molecule has 0 spiro atoms. The molecule has 0 fully saturated rings. The van der Waals surface area contributed by atoms with Crippen LogP contribution in [-0.2, 0) is 4.74 Å². The van der Waals surface area contributed by atoms with Gasteiger partial charge >= 0.3 is 5.97 Å². The normalized spacial score (nSPS) is 13.8. The molecule has 3 heteroatoms. The third kappa shape index (κ3) is 2.80. The van der Waals surface area contributed by atoms with Crippen LogP contribution in [0.5, 0.6) is 0 Å². The number of carbonyl (C=O) groups excluding carboxylic acids is 2. The van der Waals surface area contributed by atoms with Gasteiger partial charge in [0.05, 0.1) is 18.6 Å². The number of methoxy groups -OCH3 is 1. The number of esters is 1. The highest BCUT2D eigenvalue weighted by Crippen LogP contribution is 2.44. The first-order valence-corrected chi connectivity index (χ1v) is 9.02. The second-order valence-electron chi connectivity index (χ2n) is 6.74. The molecular weight excluding hydrogens is 348 g/mol. The Morgan fingerprint density at radius 1 is 0.929 bits per heavy atom. The van der Waals surface area contributed by atoms with Gasteiger partial charge in [0, 0.05) is 17.0 Å². The second kappa shape index (κ2) is 7.17. The third-order valence-corrected chi connectivity index (χ3v) is 5.28. The van der Waals surface area contributed by atoms with Crippen molar-refractivity contribution < 1.29 is 14.3 Å². The van der Waals surface area contributed by atoms with E-state index in [2.05, 4.69) is 5.92 Å². The fourth-order valence-electron chi connectivity index (χ4n) is 3.95. The number of benzene rings is 3. The number of ketones is 1. The molecular formula is C25H18O3. The van der Waals surface area contributed by atoms with Crippen molar-refractivity contribution in [1.82, 2.24) is 0 Å². The molecule has 0 saturated carbocycles. The highest BCUT2D eigenvalue weighted by atomic mass is 16.5. The fourth-order valence-corrected chi connectivity index (χ4v) is 3.95. The summed E-state index contributed by atoms with van der Waals surface area (Å²) in [5.41, 5.74) is 4.65. The Morgan fingerprint density at radius 3 is 1.96 bits per heavy atom. The Hall–Kier alpha value is -3.64. The minimum absolute atomic E-state index is 0.0271. The van der Waals surface area contributed by atoms with Crippen LogP contribution >= 0.6 is 0 Å². The maximum Gasteiger partial charge on any atom is 0.337 e. The summed E-state index contributed by atoms with van der Waals surface area (Å²) in [6, 6.07) is 22.4. The molecule has 0 amide bonds. The minimum atomic E-state index is -0.386. The quantitative estimate of drug-likeness (QED) is 0.504.